The summed E-state index contributed by atoms with van der Waals surface area (Å²) >= 11 is 0. The van der Waals surface area contributed by atoms with Crippen molar-refractivity contribution in [1.29, 1.82) is 0 Å². The number of aliphatic hydroxyl groups excluding tert-OH is 1. The van der Waals surface area contributed by atoms with Gasteiger partial charge in [0.25, 0.3) is 0 Å². The highest BCUT2D eigenvalue weighted by Crippen LogP contribution is 2.35. The molecule has 1 aromatic rings. The summed E-state index contributed by atoms with van der Waals surface area (Å²) < 4.78 is 26.5. The van der Waals surface area contributed by atoms with Crippen molar-refractivity contribution in [2.45, 2.75) is 110 Å². The molecule has 11 nitrogen and oxygen atoms in total. The molecule has 256 valence electrons. The van der Waals surface area contributed by atoms with Gasteiger partial charge in [0.2, 0.25) is 5.88 Å². The molecule has 11 heteroatoms. The second-order valence-corrected chi connectivity index (χ2v) is 13.2. The highest BCUT2D eigenvalue weighted by molar-refractivity contribution is 6.00. The highest BCUT2D eigenvalue weighted by Gasteiger charge is 2.44. The molecule has 0 bridgehead atoms. The maximum Gasteiger partial charge on any atom is 0.316 e. The lowest BCUT2D eigenvalue weighted by Gasteiger charge is -2.41. The average Bonchev–Trinajstić information content (AvgIpc) is 3.57. The Hall–Kier alpha value is -3.28. The van der Waals surface area contributed by atoms with Gasteiger partial charge >= 0.3 is 5.97 Å². The van der Waals surface area contributed by atoms with Crippen LogP contribution >= 0.6 is 0 Å². The molecular weight excluding hydrogens is 590 g/mol. The number of cyclic esters (lactones) is 1. The monoisotopic (exact) mass is 643 g/mol. The van der Waals surface area contributed by atoms with Crippen LogP contribution in [0.25, 0.3) is 5.88 Å². The molecule has 1 aromatic heterocycles. The van der Waals surface area contributed by atoms with Crippen LogP contribution < -0.4 is 0 Å². The number of aromatic nitrogens is 2. The molecule has 3 heterocycles. The van der Waals surface area contributed by atoms with Gasteiger partial charge in [0.15, 0.2) is 23.5 Å². The van der Waals surface area contributed by atoms with E-state index in [1.165, 1.54) is 30.1 Å². The molecule has 0 radical (unpaired) electrons. The molecule has 2 aliphatic heterocycles. The minimum Gasteiger partial charge on any atom is -0.510 e. The Morgan fingerprint density at radius 1 is 1.17 bits per heavy atom. The number of imidazole rings is 1. The van der Waals surface area contributed by atoms with Crippen LogP contribution in [0.2, 0.25) is 0 Å². The van der Waals surface area contributed by atoms with E-state index in [0.29, 0.717) is 18.4 Å². The molecule has 10 atom stereocenters. The molecule has 0 aromatic carbocycles. The first-order valence-corrected chi connectivity index (χ1v) is 16.3. The molecular formula is C35H53N3O8. The molecule has 46 heavy (non-hydrogen) atoms. The summed E-state index contributed by atoms with van der Waals surface area (Å²) in [6, 6.07) is 0.254. The average molecular weight is 644 g/mol. The Balaban J connectivity index is 2.05. The molecule has 1 saturated heterocycles. The van der Waals surface area contributed by atoms with Gasteiger partial charge in [0.1, 0.15) is 24.6 Å². The van der Waals surface area contributed by atoms with Crippen molar-refractivity contribution in [2.24, 2.45) is 23.7 Å². The predicted molar refractivity (Wildman–Crippen MR) is 174 cm³/mol. The van der Waals surface area contributed by atoms with Crippen LogP contribution in [0.4, 0.5) is 0 Å². The second-order valence-electron chi connectivity index (χ2n) is 13.2. The van der Waals surface area contributed by atoms with Gasteiger partial charge in [-0.1, -0.05) is 34.3 Å². The van der Waals surface area contributed by atoms with Crippen molar-refractivity contribution >= 4 is 23.4 Å². The van der Waals surface area contributed by atoms with E-state index in [9.17, 15) is 19.5 Å². The van der Waals surface area contributed by atoms with Crippen LogP contribution in [0.5, 0.6) is 0 Å². The normalized spacial score (nSPS) is 36.8. The number of allylic oxidation sites excluding steroid dienone is 1. The van der Waals surface area contributed by atoms with Crippen molar-refractivity contribution in [3.05, 3.63) is 49.3 Å². The minimum atomic E-state index is -1.57. The summed E-state index contributed by atoms with van der Waals surface area (Å²) in [7, 11) is 4.06. The van der Waals surface area contributed by atoms with Crippen LogP contribution in [0.15, 0.2) is 49.3 Å². The summed E-state index contributed by atoms with van der Waals surface area (Å²) in [6.45, 7) is 16.6. The highest BCUT2D eigenvalue weighted by atomic mass is 16.7. The number of carbonyl (C=O) groups excluding carboxylic acids is 3. The fourth-order valence-corrected chi connectivity index (χ4v) is 6.64. The largest absolute Gasteiger partial charge is 0.510 e. The van der Waals surface area contributed by atoms with Gasteiger partial charge in [-0.15, -0.1) is 0 Å². The van der Waals surface area contributed by atoms with Crippen LogP contribution in [-0.2, 0) is 33.3 Å². The van der Waals surface area contributed by atoms with Crippen molar-refractivity contribution in [3.8, 4) is 0 Å². The Morgan fingerprint density at radius 3 is 2.43 bits per heavy atom. The number of nitrogens with zero attached hydrogens (tertiary/aromatic N) is 3. The SMILES string of the molecule is C=C[C@]1(OC(=CO)n2ccnc2)/C=C(\C)C(=O)[C@H](C)C[C@H](C)[C@H](O[C@H]2C[C@@H](N(C)C)C[C@@H](C)O2)[C@@H](C)C(=O)[C@@H](C)C(=O)O[C@@H]1CC. The van der Waals surface area contributed by atoms with Crippen LogP contribution in [-0.4, -0.2) is 87.4 Å². The zero-order valence-electron chi connectivity index (χ0n) is 28.8. The van der Waals surface area contributed by atoms with E-state index < -0.39 is 47.8 Å². The van der Waals surface area contributed by atoms with E-state index in [-0.39, 0.29) is 41.9 Å². The predicted octanol–water partition coefficient (Wildman–Crippen LogP) is 5.33. The number of aliphatic hydroxyl groups is 1. The number of esters is 1. The third kappa shape index (κ3) is 8.54. The van der Waals surface area contributed by atoms with Crippen LogP contribution in [0.3, 0.4) is 0 Å². The lowest BCUT2D eigenvalue weighted by molar-refractivity contribution is -0.236. The number of ketones is 2. The van der Waals surface area contributed by atoms with E-state index >= 15 is 0 Å². The maximum atomic E-state index is 14.0. The number of hydrogen-bond acceptors (Lipinski definition) is 10. The molecule has 1 fully saturated rings. The Morgan fingerprint density at radius 2 is 1.87 bits per heavy atom. The van der Waals surface area contributed by atoms with Crippen molar-refractivity contribution in [2.75, 3.05) is 14.1 Å². The Labute approximate surface area is 273 Å². The van der Waals surface area contributed by atoms with Crippen molar-refractivity contribution in [1.82, 2.24) is 14.5 Å². The third-order valence-electron chi connectivity index (χ3n) is 9.38. The number of ether oxygens (including phenoxy) is 4. The van der Waals surface area contributed by atoms with Crippen LogP contribution in [0, 0.1) is 23.7 Å². The quantitative estimate of drug-likeness (QED) is 0.172. The van der Waals surface area contributed by atoms with Gasteiger partial charge in [-0.05, 0) is 77.8 Å². The Kier molecular flexibility index (Phi) is 12.9. The smallest absolute Gasteiger partial charge is 0.316 e. The molecule has 3 rings (SSSR count). The summed E-state index contributed by atoms with van der Waals surface area (Å²) in [5, 5.41) is 10.1. The van der Waals surface area contributed by atoms with Crippen molar-refractivity contribution in [3.63, 3.8) is 0 Å². The fourth-order valence-electron chi connectivity index (χ4n) is 6.64. The fraction of sp³-hybridized carbons (Fsp3) is 0.657. The molecule has 1 N–H and O–H groups in total. The van der Waals surface area contributed by atoms with Crippen molar-refractivity contribution < 1.29 is 38.4 Å². The van der Waals surface area contributed by atoms with Crippen LogP contribution in [0.1, 0.15) is 74.1 Å². The first-order chi connectivity index (χ1) is 21.7. The van der Waals surface area contributed by atoms with E-state index in [0.717, 1.165) is 12.7 Å². The van der Waals surface area contributed by atoms with Gasteiger partial charge < -0.3 is 29.0 Å². The lowest BCUT2D eigenvalue weighted by Crippen LogP contribution is -2.48. The molecule has 0 spiro atoms. The van der Waals surface area contributed by atoms with Gasteiger partial charge in [-0.2, -0.15) is 0 Å². The summed E-state index contributed by atoms with van der Waals surface area (Å²) in [5.41, 5.74) is -1.20. The van der Waals surface area contributed by atoms with Gasteiger partial charge in [-0.25, -0.2) is 4.98 Å². The lowest BCUT2D eigenvalue weighted by atomic mass is 9.79. The number of Topliss-reactive ketones (excluding diaryl/α,β-unsaturated/α-hetero) is 2. The minimum absolute atomic E-state index is 0.0264. The second kappa shape index (κ2) is 16.0. The molecule has 0 unspecified atom stereocenters. The number of hydrogen-bond donors (Lipinski definition) is 1. The number of carbonyl (C=O) groups is 3. The maximum absolute atomic E-state index is 14.0. The van der Waals surface area contributed by atoms with E-state index in [4.69, 9.17) is 18.9 Å². The van der Waals surface area contributed by atoms with E-state index in [2.05, 4.69) is 16.5 Å². The first-order valence-electron chi connectivity index (χ1n) is 16.3. The van der Waals surface area contributed by atoms with E-state index in [1.54, 1.807) is 33.0 Å². The standard InChI is InChI=1S/C35H53N3O8/c1-11-28-35(12-2,46-29(19-39)38-14-13-36-20-38)18-23(5)31(40)21(3)15-22(4)33(25(7)32(41)26(8)34(42)44-28)45-30-17-27(37(9)10)16-24(6)43-30/h12-14,18-22,24-28,30,33,39H,2,11,15-17H2,1,3-10H3/b23-18+,29-19?/t21-,22+,24-,25+,26-,27+,28-,30+,33+,35+/m1/s1. The molecule has 0 amide bonds. The van der Waals surface area contributed by atoms with Gasteiger partial charge in [0.05, 0.1) is 12.2 Å². The van der Waals surface area contributed by atoms with E-state index in [1.807, 2.05) is 34.9 Å². The molecule has 0 aliphatic carbocycles. The van der Waals surface area contributed by atoms with Gasteiger partial charge in [0, 0.05) is 36.7 Å². The van der Waals surface area contributed by atoms with Gasteiger partial charge in [-0.3, -0.25) is 19.0 Å². The zero-order valence-corrected chi connectivity index (χ0v) is 28.8. The Bertz CT molecular complexity index is 1270. The summed E-state index contributed by atoms with van der Waals surface area (Å²) in [6.07, 6.45) is 8.31. The summed E-state index contributed by atoms with van der Waals surface area (Å²) in [5.74, 6) is -3.70. The molecule has 0 saturated carbocycles. The third-order valence-corrected chi connectivity index (χ3v) is 9.38. The topological polar surface area (TPSA) is 129 Å². The zero-order chi connectivity index (χ0) is 34.3. The first kappa shape index (κ1) is 37.2. The number of rotatable bonds is 8. The molecule has 2 aliphatic rings. The summed E-state index contributed by atoms with van der Waals surface area (Å²) in [4.78, 5) is 47.7.